The molecular formula is C28H22BrN7O3S2. The highest BCUT2D eigenvalue weighted by molar-refractivity contribution is 9.10. The van der Waals surface area contributed by atoms with Gasteiger partial charge in [0.2, 0.25) is 5.95 Å². The number of tetrazole rings is 1. The zero-order valence-electron chi connectivity index (χ0n) is 21.6. The van der Waals surface area contributed by atoms with Gasteiger partial charge < -0.3 is 14.8 Å². The second kappa shape index (κ2) is 12.2. The van der Waals surface area contributed by atoms with E-state index in [9.17, 15) is 4.79 Å². The van der Waals surface area contributed by atoms with Crippen LogP contribution < -0.4 is 10.1 Å². The van der Waals surface area contributed by atoms with Crippen LogP contribution in [0.4, 0.5) is 5.95 Å². The summed E-state index contributed by atoms with van der Waals surface area (Å²) in [5, 5.41) is 25.0. The number of nitrogens with one attached hydrogen (secondary N) is 1. The summed E-state index contributed by atoms with van der Waals surface area (Å²) in [6, 6.07) is 24.7. The molecule has 3 heterocycles. The first-order valence-electron chi connectivity index (χ1n) is 12.4. The summed E-state index contributed by atoms with van der Waals surface area (Å²) in [4.78, 5) is 13.4. The molecule has 10 nitrogen and oxygen atoms in total. The SMILES string of the molecule is COC(=O)C1=C(CSc2nnc(-c3ccccc3)s2)Nc2nnnn2C1c1cc(Br)ccc1OCc1ccccc1. The molecule has 13 heteroatoms. The third-order valence-electron chi connectivity index (χ3n) is 6.27. The lowest BCUT2D eigenvalue weighted by molar-refractivity contribution is -0.136. The summed E-state index contributed by atoms with van der Waals surface area (Å²) in [5.41, 5.74) is 3.70. The van der Waals surface area contributed by atoms with Gasteiger partial charge in [0, 0.05) is 27.0 Å². The molecule has 6 rings (SSSR count). The Morgan fingerprint density at radius 1 is 1.05 bits per heavy atom. The van der Waals surface area contributed by atoms with Crippen molar-refractivity contribution in [1.29, 1.82) is 0 Å². The summed E-state index contributed by atoms with van der Waals surface area (Å²) < 4.78 is 14.7. The van der Waals surface area contributed by atoms with Crippen molar-refractivity contribution >= 4 is 50.9 Å². The second-order valence-corrected chi connectivity index (χ2v) is 12.0. The van der Waals surface area contributed by atoms with Gasteiger partial charge in [-0.3, -0.25) is 0 Å². The van der Waals surface area contributed by atoms with Gasteiger partial charge in [-0.25, -0.2) is 4.79 Å². The predicted molar refractivity (Wildman–Crippen MR) is 160 cm³/mol. The Labute approximate surface area is 251 Å². The van der Waals surface area contributed by atoms with E-state index in [0.717, 1.165) is 24.9 Å². The van der Waals surface area contributed by atoms with Crippen LogP contribution in [0.1, 0.15) is 17.2 Å². The number of halogens is 1. The number of aromatic nitrogens is 6. The Morgan fingerprint density at radius 3 is 2.61 bits per heavy atom. The third kappa shape index (κ3) is 5.87. The third-order valence-corrected chi connectivity index (χ3v) is 8.90. The molecule has 1 N–H and O–H groups in total. The Morgan fingerprint density at radius 2 is 1.83 bits per heavy atom. The van der Waals surface area contributed by atoms with Crippen molar-refractivity contribution in [2.24, 2.45) is 0 Å². The predicted octanol–water partition coefficient (Wildman–Crippen LogP) is 5.77. The molecule has 0 saturated carbocycles. The summed E-state index contributed by atoms with van der Waals surface area (Å²) in [5.74, 6) is 0.867. The van der Waals surface area contributed by atoms with Crippen LogP contribution in [0, 0.1) is 0 Å². The summed E-state index contributed by atoms with van der Waals surface area (Å²) >= 11 is 6.53. The zero-order chi connectivity index (χ0) is 28.2. The summed E-state index contributed by atoms with van der Waals surface area (Å²) in [7, 11) is 1.36. The number of benzene rings is 3. The molecule has 0 aliphatic carbocycles. The molecule has 206 valence electrons. The van der Waals surface area contributed by atoms with Gasteiger partial charge in [-0.1, -0.05) is 105 Å². The molecule has 3 aromatic carbocycles. The minimum absolute atomic E-state index is 0.351. The number of ether oxygens (including phenoxy) is 2. The number of methoxy groups -OCH3 is 1. The molecule has 41 heavy (non-hydrogen) atoms. The lowest BCUT2D eigenvalue weighted by atomic mass is 9.95. The van der Waals surface area contributed by atoms with E-state index >= 15 is 0 Å². The number of fused-ring (bicyclic) bond motifs is 1. The molecule has 5 aromatic rings. The monoisotopic (exact) mass is 647 g/mol. The van der Waals surface area contributed by atoms with Crippen molar-refractivity contribution in [3.8, 4) is 16.3 Å². The fraction of sp³-hybridized carbons (Fsp3) is 0.143. The highest BCUT2D eigenvalue weighted by Crippen LogP contribution is 2.42. The molecule has 2 aromatic heterocycles. The van der Waals surface area contributed by atoms with Gasteiger partial charge in [-0.05, 0) is 34.2 Å². The fourth-order valence-electron chi connectivity index (χ4n) is 4.38. The van der Waals surface area contributed by atoms with E-state index in [0.29, 0.717) is 40.9 Å². The van der Waals surface area contributed by atoms with Crippen LogP contribution in [-0.4, -0.2) is 49.2 Å². The van der Waals surface area contributed by atoms with Crippen LogP contribution in [0.15, 0.2) is 98.9 Å². The maximum atomic E-state index is 13.4. The maximum Gasteiger partial charge on any atom is 0.338 e. The van der Waals surface area contributed by atoms with Crippen molar-refractivity contribution in [3.63, 3.8) is 0 Å². The molecule has 0 saturated heterocycles. The van der Waals surface area contributed by atoms with Crippen molar-refractivity contribution in [2.75, 3.05) is 18.2 Å². The number of carbonyl (C=O) groups excluding carboxylic acids is 1. The van der Waals surface area contributed by atoms with Crippen LogP contribution in [0.3, 0.4) is 0 Å². The van der Waals surface area contributed by atoms with Crippen molar-refractivity contribution in [3.05, 3.63) is 106 Å². The number of esters is 1. The number of nitrogens with zero attached hydrogens (tertiary/aromatic N) is 6. The molecular weight excluding hydrogens is 626 g/mol. The van der Waals surface area contributed by atoms with Gasteiger partial charge in [-0.2, -0.15) is 4.68 Å². The number of anilines is 1. The standard InChI is InChI=1S/C28H22BrN7O3S2/c1-38-26(37)23-21(16-40-28-33-31-25(41-28)18-10-6-3-7-11-18)30-27-32-34-35-36(27)24(23)20-14-19(29)12-13-22(20)39-15-17-8-4-2-5-9-17/h2-14,24H,15-16H2,1H3,(H,30,32,35). The van der Waals surface area contributed by atoms with E-state index in [1.165, 1.54) is 30.2 Å². The minimum Gasteiger partial charge on any atom is -0.489 e. The van der Waals surface area contributed by atoms with E-state index in [4.69, 9.17) is 9.47 Å². The minimum atomic E-state index is -0.707. The number of carbonyl (C=O) groups is 1. The van der Waals surface area contributed by atoms with E-state index in [-0.39, 0.29) is 0 Å². The Balaban J connectivity index is 1.36. The molecule has 1 unspecified atom stereocenters. The van der Waals surface area contributed by atoms with Crippen LogP contribution in [0.2, 0.25) is 0 Å². The molecule has 0 bridgehead atoms. The lowest BCUT2D eigenvalue weighted by Gasteiger charge is -2.29. The quantitative estimate of drug-likeness (QED) is 0.156. The number of rotatable bonds is 9. The van der Waals surface area contributed by atoms with Crippen LogP contribution >= 0.6 is 39.0 Å². The van der Waals surface area contributed by atoms with Crippen LogP contribution in [0.5, 0.6) is 5.75 Å². The molecule has 1 aliphatic rings. The number of thioether (sulfide) groups is 1. The van der Waals surface area contributed by atoms with Gasteiger partial charge in [-0.15, -0.1) is 10.2 Å². The highest BCUT2D eigenvalue weighted by atomic mass is 79.9. The molecule has 1 atom stereocenters. The topological polar surface area (TPSA) is 117 Å². The molecule has 0 amide bonds. The molecule has 0 spiro atoms. The lowest BCUT2D eigenvalue weighted by Crippen LogP contribution is -2.31. The zero-order valence-corrected chi connectivity index (χ0v) is 24.8. The Kier molecular flexibility index (Phi) is 8.07. The van der Waals surface area contributed by atoms with Gasteiger partial charge in [0.05, 0.1) is 12.7 Å². The van der Waals surface area contributed by atoms with Gasteiger partial charge in [0.25, 0.3) is 0 Å². The van der Waals surface area contributed by atoms with Gasteiger partial charge in [0.15, 0.2) is 4.34 Å². The van der Waals surface area contributed by atoms with Gasteiger partial charge in [0.1, 0.15) is 23.4 Å². The largest absolute Gasteiger partial charge is 0.489 e. The van der Waals surface area contributed by atoms with E-state index in [1.54, 1.807) is 4.68 Å². The van der Waals surface area contributed by atoms with Crippen molar-refractivity contribution in [1.82, 2.24) is 30.4 Å². The normalized spacial score (nSPS) is 14.3. The summed E-state index contributed by atoms with van der Waals surface area (Å²) in [6.45, 7) is 0.351. The highest BCUT2D eigenvalue weighted by Gasteiger charge is 2.38. The number of hydrogen-bond acceptors (Lipinski definition) is 11. The average molecular weight is 649 g/mol. The Hall–Kier alpha value is -4.07. The maximum absolute atomic E-state index is 13.4. The first kappa shape index (κ1) is 27.1. The van der Waals surface area contributed by atoms with Gasteiger partial charge >= 0.3 is 5.97 Å². The van der Waals surface area contributed by atoms with E-state index < -0.39 is 12.0 Å². The van der Waals surface area contributed by atoms with Crippen LogP contribution in [0.25, 0.3) is 10.6 Å². The first-order valence-corrected chi connectivity index (χ1v) is 15.0. The summed E-state index contributed by atoms with van der Waals surface area (Å²) in [6.07, 6.45) is 0. The van der Waals surface area contributed by atoms with Crippen LogP contribution in [-0.2, 0) is 16.1 Å². The van der Waals surface area contributed by atoms with Crippen molar-refractivity contribution in [2.45, 2.75) is 17.0 Å². The fourth-order valence-corrected chi connectivity index (χ4v) is 6.59. The number of hydrogen-bond donors (Lipinski definition) is 1. The van der Waals surface area contributed by atoms with Crippen molar-refractivity contribution < 1.29 is 14.3 Å². The molecule has 0 radical (unpaired) electrons. The molecule has 1 aliphatic heterocycles. The Bertz CT molecular complexity index is 1710. The average Bonchev–Trinajstić information content (AvgIpc) is 3.69. The first-order chi connectivity index (χ1) is 20.1. The van der Waals surface area contributed by atoms with E-state index in [2.05, 4.69) is 47.0 Å². The second-order valence-electron chi connectivity index (χ2n) is 8.84. The smallest absolute Gasteiger partial charge is 0.338 e. The van der Waals surface area contributed by atoms with E-state index in [1.807, 2.05) is 78.9 Å². The molecule has 0 fully saturated rings.